The summed E-state index contributed by atoms with van der Waals surface area (Å²) in [6, 6.07) is 8.73. The van der Waals surface area contributed by atoms with Crippen molar-refractivity contribution in [1.82, 2.24) is 9.13 Å². The third-order valence-corrected chi connectivity index (χ3v) is 5.34. The molecule has 0 saturated carbocycles. The molecule has 154 valence electrons. The van der Waals surface area contributed by atoms with Gasteiger partial charge in [-0.05, 0) is 38.3 Å². The van der Waals surface area contributed by atoms with Gasteiger partial charge >= 0.3 is 0 Å². The maximum absolute atomic E-state index is 2.30. The summed E-state index contributed by atoms with van der Waals surface area (Å²) in [6.45, 7) is 11.9. The first-order valence-corrected chi connectivity index (χ1v) is 10.8. The van der Waals surface area contributed by atoms with E-state index in [4.69, 9.17) is 0 Å². The highest BCUT2D eigenvalue weighted by atomic mass is 15.1. The summed E-state index contributed by atoms with van der Waals surface area (Å²) in [5.74, 6) is 0. The largest absolute Gasteiger partial charge is 0.244 e. The van der Waals surface area contributed by atoms with E-state index in [0.717, 1.165) is 38.9 Å². The molecule has 29 heavy (non-hydrogen) atoms. The second-order valence-electron chi connectivity index (χ2n) is 8.72. The van der Waals surface area contributed by atoms with Gasteiger partial charge in [-0.25, -0.2) is 18.3 Å². The number of aromatic nitrogens is 4. The first kappa shape index (κ1) is 21.1. The van der Waals surface area contributed by atoms with E-state index in [-0.39, 0.29) is 5.54 Å². The maximum Gasteiger partial charge on any atom is 0.244 e. The smallest absolute Gasteiger partial charge is 0.237 e. The first-order chi connectivity index (χ1) is 14.0. The molecule has 0 amide bonds. The molecule has 0 aliphatic rings. The fourth-order valence-corrected chi connectivity index (χ4v) is 3.52. The van der Waals surface area contributed by atoms with Crippen LogP contribution in [0, 0.1) is 0 Å². The minimum absolute atomic E-state index is 0.146. The van der Waals surface area contributed by atoms with Crippen LogP contribution < -0.4 is 9.13 Å². The standard InChI is InChI=1S/C25H36N4/c1-5-23-12-8-9-13-24(23)20-28-17-16-26(21-28)14-10-6-7-11-15-27-18-19-29(22-27)25(2,3)4/h6-9,12-13,16-19,21-22H,5,10-11,14-15,20H2,1-4H3/q+2/b7-6-. The molecule has 1 aromatic carbocycles. The fraction of sp³-hybridized carbons (Fsp3) is 0.440. The Morgan fingerprint density at radius 1 is 0.897 bits per heavy atom. The van der Waals surface area contributed by atoms with E-state index in [9.17, 15) is 0 Å². The summed E-state index contributed by atoms with van der Waals surface area (Å²) in [4.78, 5) is 0. The Balaban J connectivity index is 1.41. The number of hydrogen-bond donors (Lipinski definition) is 0. The van der Waals surface area contributed by atoms with Gasteiger partial charge in [0.2, 0.25) is 12.7 Å². The summed E-state index contributed by atoms with van der Waals surface area (Å²) in [7, 11) is 0. The second-order valence-corrected chi connectivity index (χ2v) is 8.72. The van der Waals surface area contributed by atoms with Gasteiger partial charge in [0.1, 0.15) is 36.9 Å². The first-order valence-electron chi connectivity index (χ1n) is 10.8. The Bertz CT molecular complexity index is 924. The second kappa shape index (κ2) is 9.73. The molecule has 4 heteroatoms. The molecular formula is C25H36N4+2. The lowest BCUT2D eigenvalue weighted by Gasteiger charge is -2.13. The van der Waals surface area contributed by atoms with Crippen LogP contribution in [0.1, 0.15) is 51.7 Å². The quantitative estimate of drug-likeness (QED) is 0.382. The SMILES string of the molecule is CCc1ccccc1C[n+]1ccn(CC/C=C\CC[n+]2ccn(C(C)(C)C)c2)c1. The van der Waals surface area contributed by atoms with Crippen LogP contribution in [0.2, 0.25) is 0 Å². The van der Waals surface area contributed by atoms with Gasteiger partial charge in [0.15, 0.2) is 0 Å². The van der Waals surface area contributed by atoms with E-state index in [1.54, 1.807) is 0 Å². The van der Waals surface area contributed by atoms with Crippen LogP contribution in [-0.2, 0) is 31.6 Å². The highest BCUT2D eigenvalue weighted by Crippen LogP contribution is 2.11. The average Bonchev–Trinajstić information content (AvgIpc) is 3.34. The Kier molecular flexibility index (Phi) is 7.08. The van der Waals surface area contributed by atoms with E-state index in [2.05, 4.69) is 120 Å². The molecule has 0 N–H and O–H groups in total. The van der Waals surface area contributed by atoms with Gasteiger partial charge in [0, 0.05) is 12.8 Å². The molecule has 2 heterocycles. The summed E-state index contributed by atoms with van der Waals surface area (Å²) in [6.07, 6.45) is 20.9. The summed E-state index contributed by atoms with van der Waals surface area (Å²) < 4.78 is 9.07. The number of hydrogen-bond acceptors (Lipinski definition) is 0. The van der Waals surface area contributed by atoms with Crippen molar-refractivity contribution in [2.45, 2.75) is 72.1 Å². The normalized spacial score (nSPS) is 12.1. The van der Waals surface area contributed by atoms with Crippen LogP contribution in [0.3, 0.4) is 0 Å². The van der Waals surface area contributed by atoms with E-state index in [0.29, 0.717) is 0 Å². The Morgan fingerprint density at radius 3 is 2.34 bits per heavy atom. The maximum atomic E-state index is 2.30. The minimum atomic E-state index is 0.146. The Hall–Kier alpha value is -2.62. The van der Waals surface area contributed by atoms with Crippen LogP contribution in [0.25, 0.3) is 0 Å². The molecule has 0 spiro atoms. The van der Waals surface area contributed by atoms with Crippen molar-refractivity contribution in [1.29, 1.82) is 0 Å². The summed E-state index contributed by atoms with van der Waals surface area (Å²) in [5, 5.41) is 0. The number of aryl methyl sites for hydroxylation is 3. The molecule has 2 aromatic heterocycles. The van der Waals surface area contributed by atoms with Gasteiger partial charge in [-0.3, -0.25) is 0 Å². The topological polar surface area (TPSA) is 17.6 Å². The average molecular weight is 393 g/mol. The zero-order valence-electron chi connectivity index (χ0n) is 18.5. The fourth-order valence-electron chi connectivity index (χ4n) is 3.52. The minimum Gasteiger partial charge on any atom is -0.237 e. The lowest BCUT2D eigenvalue weighted by atomic mass is 10.1. The van der Waals surface area contributed by atoms with Crippen LogP contribution in [0.4, 0.5) is 0 Å². The molecule has 3 aromatic rings. The molecule has 0 bridgehead atoms. The molecule has 4 nitrogen and oxygen atoms in total. The van der Waals surface area contributed by atoms with E-state index < -0.39 is 0 Å². The van der Waals surface area contributed by atoms with E-state index in [1.165, 1.54) is 11.1 Å². The molecule has 0 unspecified atom stereocenters. The molecule has 0 atom stereocenters. The van der Waals surface area contributed by atoms with Crippen molar-refractivity contribution in [2.24, 2.45) is 0 Å². The number of nitrogens with zero attached hydrogens (tertiary/aromatic N) is 4. The van der Waals surface area contributed by atoms with Crippen molar-refractivity contribution >= 4 is 0 Å². The molecule has 0 aliphatic carbocycles. The van der Waals surface area contributed by atoms with E-state index in [1.807, 2.05) is 0 Å². The predicted octanol–water partition coefficient (Wildman–Crippen LogP) is 4.27. The molecule has 0 aliphatic heterocycles. The molecule has 0 radical (unpaired) electrons. The highest BCUT2D eigenvalue weighted by Gasteiger charge is 2.18. The predicted molar refractivity (Wildman–Crippen MR) is 118 cm³/mol. The highest BCUT2D eigenvalue weighted by molar-refractivity contribution is 5.26. The lowest BCUT2D eigenvalue weighted by molar-refractivity contribution is -0.695. The van der Waals surface area contributed by atoms with Gasteiger partial charge in [-0.1, -0.05) is 43.3 Å². The molecule has 3 rings (SSSR count). The number of imidazole rings is 2. The summed E-state index contributed by atoms with van der Waals surface area (Å²) >= 11 is 0. The number of allylic oxidation sites excluding steroid dienone is 2. The van der Waals surface area contributed by atoms with Crippen molar-refractivity contribution in [3.63, 3.8) is 0 Å². The van der Waals surface area contributed by atoms with Gasteiger partial charge in [-0.2, -0.15) is 0 Å². The van der Waals surface area contributed by atoms with E-state index >= 15 is 0 Å². The third-order valence-electron chi connectivity index (χ3n) is 5.34. The molecule has 0 saturated heterocycles. The van der Waals surface area contributed by atoms with Gasteiger partial charge in [0.05, 0.1) is 13.1 Å². The Morgan fingerprint density at radius 2 is 1.62 bits per heavy atom. The van der Waals surface area contributed by atoms with Gasteiger partial charge in [0.25, 0.3) is 0 Å². The van der Waals surface area contributed by atoms with Gasteiger partial charge in [-0.15, -0.1) is 0 Å². The Labute approximate surface area is 175 Å². The zero-order valence-corrected chi connectivity index (χ0v) is 18.5. The van der Waals surface area contributed by atoms with Crippen molar-refractivity contribution in [3.8, 4) is 0 Å². The van der Waals surface area contributed by atoms with Crippen LogP contribution in [0.15, 0.2) is 73.9 Å². The molecule has 0 fully saturated rings. The van der Waals surface area contributed by atoms with Crippen molar-refractivity contribution in [3.05, 3.63) is 85.0 Å². The van der Waals surface area contributed by atoms with Crippen molar-refractivity contribution in [2.75, 3.05) is 0 Å². The lowest BCUT2D eigenvalue weighted by Crippen LogP contribution is -2.32. The number of benzene rings is 1. The van der Waals surface area contributed by atoms with Crippen LogP contribution >= 0.6 is 0 Å². The monoisotopic (exact) mass is 392 g/mol. The van der Waals surface area contributed by atoms with Crippen LogP contribution in [0.5, 0.6) is 0 Å². The van der Waals surface area contributed by atoms with Crippen molar-refractivity contribution < 1.29 is 9.13 Å². The molecular weight excluding hydrogens is 356 g/mol. The number of rotatable bonds is 9. The third kappa shape index (κ3) is 6.18. The van der Waals surface area contributed by atoms with Crippen LogP contribution in [-0.4, -0.2) is 9.13 Å². The zero-order chi connectivity index (χ0) is 20.7. The summed E-state index contributed by atoms with van der Waals surface area (Å²) in [5.41, 5.74) is 3.00. The van der Waals surface area contributed by atoms with Gasteiger partial charge < -0.3 is 0 Å².